The molecule has 0 aliphatic carbocycles. The summed E-state index contributed by atoms with van der Waals surface area (Å²) in [5.74, 6) is -0.763. The van der Waals surface area contributed by atoms with Crippen LogP contribution in [-0.2, 0) is 9.53 Å². The molecule has 0 bridgehead atoms. The molecule has 1 fully saturated rings. The molecule has 0 saturated carbocycles. The molecule has 106 valence electrons. The largest absolute Gasteiger partial charge is 0.481 e. The van der Waals surface area contributed by atoms with Gasteiger partial charge in [0.25, 0.3) is 0 Å². The van der Waals surface area contributed by atoms with Crippen molar-refractivity contribution >= 4 is 17.4 Å². The number of nitrogens with zero attached hydrogens (tertiary/aromatic N) is 6. The van der Waals surface area contributed by atoms with Crippen LogP contribution in [0.4, 0.5) is 5.82 Å². The molecule has 1 saturated heterocycles. The highest BCUT2D eigenvalue weighted by Crippen LogP contribution is 2.25. The number of carbonyl (C=O) groups is 1. The highest BCUT2D eigenvalue weighted by molar-refractivity contribution is 5.72. The predicted octanol–water partition coefficient (Wildman–Crippen LogP) is -0.555. The first-order chi connectivity index (χ1) is 9.72. The van der Waals surface area contributed by atoms with Crippen molar-refractivity contribution in [3.05, 3.63) is 12.4 Å². The number of carboxylic acid groups (broad SMARTS) is 1. The normalized spacial score (nSPS) is 22.2. The summed E-state index contributed by atoms with van der Waals surface area (Å²) in [5, 5.41) is 20.6. The zero-order valence-corrected chi connectivity index (χ0v) is 10.9. The predicted molar refractivity (Wildman–Crippen MR) is 67.3 cm³/mol. The van der Waals surface area contributed by atoms with Gasteiger partial charge in [-0.25, -0.2) is 0 Å². The van der Waals surface area contributed by atoms with Gasteiger partial charge in [-0.3, -0.25) is 9.78 Å². The van der Waals surface area contributed by atoms with Gasteiger partial charge >= 0.3 is 5.97 Å². The number of hydrogen-bond donors (Lipinski definition) is 1. The minimum absolute atomic E-state index is 0.218. The van der Waals surface area contributed by atoms with Crippen LogP contribution < -0.4 is 4.90 Å². The van der Waals surface area contributed by atoms with Gasteiger partial charge in [-0.2, -0.15) is 4.52 Å². The molecule has 0 amide bonds. The van der Waals surface area contributed by atoms with E-state index < -0.39 is 11.9 Å². The fourth-order valence-corrected chi connectivity index (χ4v) is 2.51. The third kappa shape index (κ3) is 1.95. The van der Waals surface area contributed by atoms with E-state index in [4.69, 9.17) is 4.74 Å². The van der Waals surface area contributed by atoms with Crippen LogP contribution in [0.25, 0.3) is 5.65 Å². The Kier molecular flexibility index (Phi) is 3.18. The van der Waals surface area contributed by atoms with Crippen molar-refractivity contribution in [3.63, 3.8) is 0 Å². The van der Waals surface area contributed by atoms with Crippen LogP contribution in [0.2, 0.25) is 0 Å². The smallest absolute Gasteiger partial charge is 0.311 e. The monoisotopic (exact) mass is 278 g/mol. The first-order valence-corrected chi connectivity index (χ1v) is 6.31. The molecule has 2 aromatic rings. The number of fused-ring (bicyclic) bond motifs is 1. The number of aromatic nitrogens is 5. The third-order valence-electron chi connectivity index (χ3n) is 3.49. The van der Waals surface area contributed by atoms with E-state index in [9.17, 15) is 9.90 Å². The molecule has 2 aromatic heterocycles. The van der Waals surface area contributed by atoms with Gasteiger partial charge in [-0.1, -0.05) is 0 Å². The van der Waals surface area contributed by atoms with E-state index in [0.29, 0.717) is 24.6 Å². The summed E-state index contributed by atoms with van der Waals surface area (Å²) in [6.45, 7) is 3.14. The summed E-state index contributed by atoms with van der Waals surface area (Å²) in [6.07, 6.45) is 3.18. The Morgan fingerprint density at radius 1 is 1.55 bits per heavy atom. The molecule has 1 aliphatic rings. The van der Waals surface area contributed by atoms with Crippen molar-refractivity contribution < 1.29 is 14.6 Å². The van der Waals surface area contributed by atoms with Crippen molar-refractivity contribution in [2.75, 3.05) is 24.7 Å². The fourth-order valence-electron chi connectivity index (χ4n) is 2.51. The highest BCUT2D eigenvalue weighted by atomic mass is 16.5. The Morgan fingerprint density at radius 2 is 2.40 bits per heavy atom. The van der Waals surface area contributed by atoms with Crippen LogP contribution in [-0.4, -0.2) is 61.9 Å². The highest BCUT2D eigenvalue weighted by Gasteiger charge is 2.38. The Balaban J connectivity index is 2.01. The average molecular weight is 278 g/mol. The lowest BCUT2D eigenvalue weighted by Gasteiger charge is -2.30. The molecule has 2 atom stereocenters. The van der Waals surface area contributed by atoms with Crippen LogP contribution in [0.15, 0.2) is 12.4 Å². The first kappa shape index (κ1) is 12.7. The molecule has 0 aromatic carbocycles. The maximum atomic E-state index is 11.3. The number of anilines is 1. The second kappa shape index (κ2) is 5.00. The quantitative estimate of drug-likeness (QED) is 0.793. The molecule has 9 heteroatoms. The summed E-state index contributed by atoms with van der Waals surface area (Å²) in [7, 11) is 0. The van der Waals surface area contributed by atoms with Gasteiger partial charge in [-0.15, -0.1) is 5.10 Å². The van der Waals surface area contributed by atoms with Crippen LogP contribution in [0.5, 0.6) is 0 Å². The van der Waals surface area contributed by atoms with Gasteiger partial charge in [-0.05, 0) is 17.4 Å². The zero-order valence-electron chi connectivity index (χ0n) is 10.9. The minimum Gasteiger partial charge on any atom is -0.481 e. The second-order valence-corrected chi connectivity index (χ2v) is 4.55. The second-order valence-electron chi connectivity index (χ2n) is 4.55. The van der Waals surface area contributed by atoms with Crippen molar-refractivity contribution in [2.24, 2.45) is 5.92 Å². The van der Waals surface area contributed by atoms with Crippen LogP contribution in [0.3, 0.4) is 0 Å². The zero-order chi connectivity index (χ0) is 14.1. The Hall–Kier alpha value is -2.29. The van der Waals surface area contributed by atoms with E-state index in [-0.39, 0.29) is 12.6 Å². The van der Waals surface area contributed by atoms with Crippen LogP contribution >= 0.6 is 0 Å². The lowest BCUT2D eigenvalue weighted by Crippen LogP contribution is -2.44. The van der Waals surface area contributed by atoms with E-state index in [1.807, 2.05) is 11.8 Å². The number of hydrogen-bond acceptors (Lipinski definition) is 7. The standard InChI is InChI=1S/C11H14N6O3/c1-2-16(8-6-20-5-7(8)11(18)19)10-4-12-3-9-13-14-15-17(9)10/h3-4,7-8H,2,5-6H2,1H3,(H,18,19). The molecular weight excluding hydrogens is 264 g/mol. The third-order valence-corrected chi connectivity index (χ3v) is 3.49. The van der Waals surface area contributed by atoms with E-state index in [1.165, 1.54) is 0 Å². The number of carboxylic acids is 1. The summed E-state index contributed by atoms with van der Waals surface area (Å²) in [4.78, 5) is 17.3. The average Bonchev–Trinajstić information content (AvgIpc) is 3.08. The number of likely N-dealkylation sites (N-methyl/N-ethyl adjacent to an activating group) is 1. The number of rotatable bonds is 4. The SMILES string of the molecule is CCN(c1cncc2nnnn12)C1COCC1C(=O)O. The maximum absolute atomic E-state index is 11.3. The summed E-state index contributed by atoms with van der Waals surface area (Å²) in [6, 6.07) is -0.255. The fraction of sp³-hybridized carbons (Fsp3) is 0.545. The van der Waals surface area contributed by atoms with E-state index in [2.05, 4.69) is 20.5 Å². The molecule has 20 heavy (non-hydrogen) atoms. The number of ether oxygens (including phenoxy) is 1. The first-order valence-electron chi connectivity index (χ1n) is 6.31. The molecular formula is C11H14N6O3. The van der Waals surface area contributed by atoms with Crippen molar-refractivity contribution in [2.45, 2.75) is 13.0 Å². The maximum Gasteiger partial charge on any atom is 0.311 e. The van der Waals surface area contributed by atoms with Gasteiger partial charge in [0, 0.05) is 6.54 Å². The minimum atomic E-state index is -0.859. The lowest BCUT2D eigenvalue weighted by atomic mass is 10.0. The molecule has 1 aliphatic heterocycles. The topological polar surface area (TPSA) is 106 Å². The van der Waals surface area contributed by atoms with Gasteiger partial charge in [0.2, 0.25) is 0 Å². The summed E-state index contributed by atoms with van der Waals surface area (Å²) in [5.41, 5.74) is 0.520. The van der Waals surface area contributed by atoms with Crippen molar-refractivity contribution in [3.8, 4) is 0 Å². The molecule has 9 nitrogen and oxygen atoms in total. The molecule has 2 unspecified atom stereocenters. The molecule has 0 spiro atoms. The van der Waals surface area contributed by atoms with Crippen LogP contribution in [0.1, 0.15) is 6.92 Å². The molecule has 3 heterocycles. The van der Waals surface area contributed by atoms with Gasteiger partial charge in [0.05, 0.1) is 31.6 Å². The lowest BCUT2D eigenvalue weighted by molar-refractivity contribution is -0.141. The Morgan fingerprint density at radius 3 is 3.15 bits per heavy atom. The van der Waals surface area contributed by atoms with E-state index in [0.717, 1.165) is 0 Å². The van der Waals surface area contributed by atoms with E-state index in [1.54, 1.807) is 16.9 Å². The van der Waals surface area contributed by atoms with E-state index >= 15 is 0 Å². The molecule has 0 radical (unpaired) electrons. The Labute approximate surface area is 114 Å². The number of tetrazole rings is 1. The number of aliphatic carboxylic acids is 1. The van der Waals surface area contributed by atoms with Crippen molar-refractivity contribution in [1.29, 1.82) is 0 Å². The Bertz CT molecular complexity index is 629. The van der Waals surface area contributed by atoms with Crippen molar-refractivity contribution in [1.82, 2.24) is 25.0 Å². The van der Waals surface area contributed by atoms with Gasteiger partial charge < -0.3 is 14.7 Å². The van der Waals surface area contributed by atoms with Gasteiger partial charge in [0.15, 0.2) is 11.5 Å². The van der Waals surface area contributed by atoms with Crippen LogP contribution in [0, 0.1) is 5.92 Å². The molecule has 1 N–H and O–H groups in total. The van der Waals surface area contributed by atoms with Gasteiger partial charge in [0.1, 0.15) is 5.92 Å². The summed E-state index contributed by atoms with van der Waals surface area (Å²) < 4.78 is 6.87. The summed E-state index contributed by atoms with van der Waals surface area (Å²) >= 11 is 0. The molecule has 3 rings (SSSR count).